The number of nitrogens with zero attached hydrogens (tertiary/aromatic N) is 4. The van der Waals surface area contributed by atoms with Crippen LogP contribution in [0.1, 0.15) is 32.3 Å². The second-order valence-electron chi connectivity index (χ2n) is 6.76. The topological polar surface area (TPSA) is 112 Å². The van der Waals surface area contributed by atoms with Gasteiger partial charge in [-0.15, -0.1) is 0 Å². The first-order valence-electron chi connectivity index (χ1n) is 9.53. The number of fused-ring (bicyclic) bond motifs is 1. The highest BCUT2D eigenvalue weighted by atomic mass is 31.2. The molecule has 0 aliphatic carbocycles. The van der Waals surface area contributed by atoms with Crippen molar-refractivity contribution in [2.75, 3.05) is 30.9 Å². The summed E-state index contributed by atoms with van der Waals surface area (Å²) in [6, 6.07) is 7.71. The van der Waals surface area contributed by atoms with Crippen LogP contribution in [-0.4, -0.2) is 43.9 Å². The number of anilines is 2. The van der Waals surface area contributed by atoms with Gasteiger partial charge in [0.25, 0.3) is 0 Å². The molecule has 2 heterocycles. The van der Waals surface area contributed by atoms with Crippen molar-refractivity contribution in [2.24, 2.45) is 0 Å². The molecule has 2 aromatic heterocycles. The van der Waals surface area contributed by atoms with Crippen molar-refractivity contribution in [1.29, 1.82) is 0 Å². The van der Waals surface area contributed by atoms with Crippen molar-refractivity contribution in [3.63, 3.8) is 0 Å². The van der Waals surface area contributed by atoms with Gasteiger partial charge in [0.1, 0.15) is 12.1 Å². The number of nitrogens with two attached hydrogens (primary N) is 1. The molecule has 0 amide bonds. The van der Waals surface area contributed by atoms with Crippen molar-refractivity contribution in [2.45, 2.75) is 33.2 Å². The average molecular weight is 403 g/mol. The quantitative estimate of drug-likeness (QED) is 0.323. The predicted octanol–water partition coefficient (Wildman–Crippen LogP) is 2.75. The van der Waals surface area contributed by atoms with E-state index in [9.17, 15) is 4.57 Å². The first kappa shape index (κ1) is 20.3. The molecule has 0 bridgehead atoms. The molecule has 1 aromatic carbocycles. The number of aromatic nitrogens is 4. The highest BCUT2D eigenvalue weighted by molar-refractivity contribution is 7.65. The number of unbranched alkanes of at least 4 members (excludes halogenated alkanes) is 1. The first-order valence-corrected chi connectivity index (χ1v) is 11.6. The molecule has 4 N–H and O–H groups in total. The lowest BCUT2D eigenvalue weighted by Gasteiger charge is -2.11. The van der Waals surface area contributed by atoms with Gasteiger partial charge in [0.2, 0.25) is 5.95 Å². The number of benzene rings is 1. The molecule has 3 rings (SSSR count). The zero-order chi connectivity index (χ0) is 20.1. The van der Waals surface area contributed by atoms with Crippen LogP contribution in [0.4, 0.5) is 11.8 Å². The van der Waals surface area contributed by atoms with E-state index in [2.05, 4.69) is 31.7 Å². The predicted molar refractivity (Wildman–Crippen MR) is 115 cm³/mol. The van der Waals surface area contributed by atoms with Crippen LogP contribution < -0.4 is 16.4 Å². The Labute approximate surface area is 165 Å². The van der Waals surface area contributed by atoms with Crippen LogP contribution in [-0.2, 0) is 11.1 Å². The first-order chi connectivity index (χ1) is 13.4. The lowest BCUT2D eigenvalue weighted by atomic mass is 10.2. The van der Waals surface area contributed by atoms with Crippen LogP contribution in [0.5, 0.6) is 0 Å². The van der Waals surface area contributed by atoms with Crippen molar-refractivity contribution >= 4 is 35.6 Å². The maximum Gasteiger partial charge on any atom is 0.359 e. The molecule has 3 aromatic rings. The molecule has 0 aliphatic rings. The maximum absolute atomic E-state index is 12.8. The molecule has 0 fully saturated rings. The van der Waals surface area contributed by atoms with Crippen molar-refractivity contribution < 1.29 is 9.09 Å². The minimum atomic E-state index is -2.70. The third-order valence-electron chi connectivity index (χ3n) is 4.46. The number of nitrogen functional groups attached to an aromatic ring is 1. The Bertz CT molecular complexity index is 1000. The molecule has 1 atom stereocenters. The summed E-state index contributed by atoms with van der Waals surface area (Å²) in [5.74, 6) is 0.866. The highest BCUT2D eigenvalue weighted by Crippen LogP contribution is 2.38. The van der Waals surface area contributed by atoms with Gasteiger partial charge in [-0.2, -0.15) is 9.97 Å². The number of hydrogen-bond acceptors (Lipinski definition) is 6. The summed E-state index contributed by atoms with van der Waals surface area (Å²) in [6.07, 6.45) is 3.83. The fourth-order valence-corrected chi connectivity index (χ4v) is 4.47. The van der Waals surface area contributed by atoms with Crippen LogP contribution in [0.2, 0.25) is 0 Å². The van der Waals surface area contributed by atoms with Crippen molar-refractivity contribution in [1.82, 2.24) is 19.5 Å². The van der Waals surface area contributed by atoms with Gasteiger partial charge >= 0.3 is 7.37 Å². The maximum atomic E-state index is 12.8. The Balaban J connectivity index is 1.89. The van der Waals surface area contributed by atoms with E-state index in [-0.39, 0.29) is 0 Å². The van der Waals surface area contributed by atoms with Gasteiger partial charge in [-0.1, -0.05) is 25.5 Å². The van der Waals surface area contributed by atoms with Crippen molar-refractivity contribution in [3.05, 3.63) is 36.2 Å². The monoisotopic (exact) mass is 403 g/mol. The van der Waals surface area contributed by atoms with Crippen LogP contribution in [0.25, 0.3) is 11.2 Å². The summed E-state index contributed by atoms with van der Waals surface area (Å²) in [5.41, 5.74) is 8.33. The van der Waals surface area contributed by atoms with Crippen LogP contribution in [0.15, 0.2) is 30.6 Å². The zero-order valence-corrected chi connectivity index (χ0v) is 17.5. The normalized spacial score (nSPS) is 13.5. The fraction of sp³-hybridized carbons (Fsp3) is 0.421. The summed E-state index contributed by atoms with van der Waals surface area (Å²) in [4.78, 5) is 13.2. The van der Waals surface area contributed by atoms with Crippen LogP contribution >= 0.6 is 7.37 Å². The van der Waals surface area contributed by atoms with Gasteiger partial charge in [-0.3, -0.25) is 0 Å². The van der Waals surface area contributed by atoms with Crippen molar-refractivity contribution in [3.8, 4) is 0 Å². The van der Waals surface area contributed by atoms with Gasteiger partial charge < -0.3 is 20.1 Å². The fourth-order valence-electron chi connectivity index (χ4n) is 3.00. The minimum Gasteiger partial charge on any atom is -0.398 e. The average Bonchev–Trinajstić information content (AvgIpc) is 3.05. The van der Waals surface area contributed by atoms with E-state index in [4.69, 9.17) is 5.73 Å². The van der Waals surface area contributed by atoms with Gasteiger partial charge in [-0.05, 0) is 24.1 Å². The lowest BCUT2D eigenvalue weighted by molar-refractivity contribution is 0.166. The molecule has 0 radical (unpaired) electrons. The highest BCUT2D eigenvalue weighted by Gasteiger charge is 2.24. The Hall–Kier alpha value is -2.44. The lowest BCUT2D eigenvalue weighted by Crippen LogP contribution is -2.11. The molecule has 1 unspecified atom stereocenters. The Morgan fingerprint density at radius 3 is 2.86 bits per heavy atom. The molecule has 150 valence electrons. The molecule has 9 heteroatoms. The minimum absolute atomic E-state index is 0.358. The summed E-state index contributed by atoms with van der Waals surface area (Å²) in [5, 5.41) is 3.97. The molecule has 0 aliphatic heterocycles. The summed E-state index contributed by atoms with van der Waals surface area (Å²) >= 11 is 0. The molecule has 0 saturated carbocycles. The van der Waals surface area contributed by atoms with Gasteiger partial charge in [0, 0.05) is 13.5 Å². The molecule has 0 spiro atoms. The van der Waals surface area contributed by atoms with Gasteiger partial charge in [0.05, 0.1) is 24.8 Å². The van der Waals surface area contributed by atoms with Gasteiger partial charge in [-0.25, -0.2) is 9.55 Å². The molecule has 8 nitrogen and oxygen atoms in total. The third-order valence-corrected chi connectivity index (χ3v) is 6.52. The van der Waals surface area contributed by atoms with E-state index >= 15 is 0 Å². The molecular formula is C19H28N6O2P+. The van der Waals surface area contributed by atoms with E-state index in [1.165, 1.54) is 0 Å². The summed E-state index contributed by atoms with van der Waals surface area (Å²) in [7, 11) is -2.70. The molecule has 0 saturated heterocycles. The smallest absolute Gasteiger partial charge is 0.359 e. The van der Waals surface area contributed by atoms with E-state index in [1.54, 1.807) is 13.0 Å². The van der Waals surface area contributed by atoms with E-state index in [0.717, 1.165) is 30.3 Å². The molecule has 28 heavy (non-hydrogen) atoms. The number of rotatable bonds is 9. The van der Waals surface area contributed by atoms with Crippen LogP contribution in [0.3, 0.4) is 0 Å². The second kappa shape index (κ2) is 8.71. The second-order valence-corrected chi connectivity index (χ2v) is 9.32. The number of nitrogens with one attached hydrogen (secondary N) is 1. The summed E-state index contributed by atoms with van der Waals surface area (Å²) < 4.78 is 19.0. The SMILES string of the molecule is CCCCNc1nc(N)c2ncn(Cc3cccc(P(C)(=O)[OH+]CC)c3)c2n1. The van der Waals surface area contributed by atoms with E-state index in [1.807, 2.05) is 35.8 Å². The third kappa shape index (κ3) is 4.51. The Morgan fingerprint density at radius 2 is 2.11 bits per heavy atom. The number of imidazole rings is 1. The standard InChI is InChI=1S/C19H27N6O2P/c1-4-6-10-21-19-23-17(20)16-18(24-19)25(13-22-16)12-14-8-7-9-15(11-14)28(3,26)27-5-2/h7-9,11,13H,4-6,10,12H2,1-3H3,(H3,20,21,23,24)/p+1. The number of aliphatic hydroxyl groups is 1. The Morgan fingerprint density at radius 1 is 1.29 bits per heavy atom. The number of hydrogen-bond donors (Lipinski definition) is 2. The van der Waals surface area contributed by atoms with E-state index in [0.29, 0.717) is 36.1 Å². The Kier molecular flexibility index (Phi) is 6.31. The molecular weight excluding hydrogens is 375 g/mol. The van der Waals surface area contributed by atoms with Crippen LogP contribution in [0, 0.1) is 0 Å². The zero-order valence-electron chi connectivity index (χ0n) is 16.6. The van der Waals surface area contributed by atoms with Gasteiger partial charge in [0.15, 0.2) is 11.5 Å². The summed E-state index contributed by atoms with van der Waals surface area (Å²) in [6.45, 7) is 7.60. The largest absolute Gasteiger partial charge is 0.398 e. The van der Waals surface area contributed by atoms with E-state index < -0.39 is 7.37 Å².